The molecular weight excluding hydrogens is 434 g/mol. The Morgan fingerprint density at radius 3 is 0.412 bits per heavy atom. The fraction of sp³-hybridized carbons (Fsp3) is 0. The van der Waals surface area contributed by atoms with E-state index in [0.29, 0.717) is 0 Å². The topological polar surface area (TPSA) is 265 Å². The van der Waals surface area contributed by atoms with Crippen molar-refractivity contribution in [3.8, 4) is 0 Å². The van der Waals surface area contributed by atoms with Crippen molar-refractivity contribution in [3.05, 3.63) is 61.3 Å². The van der Waals surface area contributed by atoms with E-state index in [0.717, 1.165) is 0 Å². The first-order valence-corrected chi connectivity index (χ1v) is 2.19. The quantitative estimate of drug-likeness (QED) is 0.329. The van der Waals surface area contributed by atoms with Gasteiger partial charge >= 0.3 is 0 Å². The molecule has 0 aromatic carbocycles. The number of hydrogen-bond donors (Lipinski definition) is 0. The number of hydrogen-bond acceptors (Lipinski definition) is 12. The molecule has 0 unspecified atom stereocenters. The maximum Gasteiger partial charge on any atom is 0.0689 e. The van der Waals surface area contributed by atoms with Crippen molar-refractivity contribution in [2.24, 2.45) is 0 Å². The molecule has 0 N–H and O–H groups in total. The number of nitrogens with zero attached hydrogens (tertiary/aromatic N) is 4. The SMILES string of the molecule is O=[N+]([O-])[O-].O=[N+]([O-])[O-].O=[N+]([O-])[O-].O=[N+]([O-])[O-].[Re]. The molecule has 0 heterocycles. The Kier molecular flexibility index (Phi) is 40.2. The summed E-state index contributed by atoms with van der Waals surface area (Å²) >= 11 is 0. The van der Waals surface area contributed by atoms with Gasteiger partial charge in [0.15, 0.2) is 0 Å². The Bertz CT molecular complexity index is 159. The summed E-state index contributed by atoms with van der Waals surface area (Å²) in [6.45, 7) is 0. The normalized spacial score (nSPS) is 5.65. The molecule has 0 saturated carbocycles. The van der Waals surface area contributed by atoms with Gasteiger partial charge in [0.1, 0.15) is 0 Å². The molecule has 0 atom stereocenters. The minimum Gasteiger partial charge on any atom is -0.356 e. The van der Waals surface area contributed by atoms with Crippen LogP contribution < -0.4 is 0 Å². The average Bonchev–Trinajstić information content (AvgIpc) is 1.76. The molecule has 0 bridgehead atoms. The van der Waals surface area contributed by atoms with Gasteiger partial charge in [0.05, 0.1) is 20.3 Å². The van der Waals surface area contributed by atoms with Crippen molar-refractivity contribution in [2.45, 2.75) is 0 Å². The second kappa shape index (κ2) is 23.4. The van der Waals surface area contributed by atoms with Gasteiger partial charge in [-0.15, -0.1) is 0 Å². The molecule has 17 heteroatoms. The van der Waals surface area contributed by atoms with E-state index in [4.69, 9.17) is 61.3 Å². The van der Waals surface area contributed by atoms with Gasteiger partial charge in [0, 0.05) is 20.4 Å². The van der Waals surface area contributed by atoms with Crippen molar-refractivity contribution in [1.29, 1.82) is 0 Å². The minimum absolute atomic E-state index is 0. The first-order chi connectivity index (χ1) is 6.93. The Morgan fingerprint density at radius 1 is 0.412 bits per heavy atom. The van der Waals surface area contributed by atoms with Crippen molar-refractivity contribution in [3.63, 3.8) is 0 Å². The van der Waals surface area contributed by atoms with Crippen LogP contribution in [0.15, 0.2) is 0 Å². The largest absolute Gasteiger partial charge is 0.356 e. The molecule has 0 aliphatic heterocycles. The standard InChI is InChI=1S/4NO3.Re/c4*2-1(3)4;/q4*-1;. The Labute approximate surface area is 103 Å². The third-order valence-electron chi connectivity index (χ3n) is 0. The van der Waals surface area contributed by atoms with Gasteiger partial charge in [-0.2, -0.15) is 0 Å². The van der Waals surface area contributed by atoms with Crippen LogP contribution in [0, 0.1) is 61.3 Å². The Morgan fingerprint density at radius 2 is 0.412 bits per heavy atom. The third kappa shape index (κ3) is 275. The number of rotatable bonds is 0. The molecule has 1 radical (unpaired) electrons. The second-order valence-corrected chi connectivity index (χ2v) is 0.894. The van der Waals surface area contributed by atoms with Crippen LogP contribution in [0.4, 0.5) is 0 Å². The molecule has 0 amide bonds. The molecule has 0 fully saturated rings. The summed E-state index contributed by atoms with van der Waals surface area (Å²) in [5, 5.41) is 59.0. The molecule has 17 heavy (non-hydrogen) atoms. The van der Waals surface area contributed by atoms with Gasteiger partial charge < -0.3 is 61.3 Å². The van der Waals surface area contributed by atoms with Crippen LogP contribution in [-0.4, -0.2) is 20.3 Å². The van der Waals surface area contributed by atoms with E-state index >= 15 is 0 Å². The molecule has 0 spiro atoms. The predicted molar refractivity (Wildman–Crippen MR) is 41.4 cm³/mol. The van der Waals surface area contributed by atoms with E-state index in [1.807, 2.05) is 0 Å². The molecule has 0 aromatic heterocycles. The summed E-state index contributed by atoms with van der Waals surface area (Å²) in [5.41, 5.74) is 0. The van der Waals surface area contributed by atoms with Crippen LogP contribution in [0.5, 0.6) is 0 Å². The van der Waals surface area contributed by atoms with Crippen LogP contribution in [0.1, 0.15) is 0 Å². The smallest absolute Gasteiger partial charge is 0.0689 e. The minimum atomic E-state index is -1.75. The van der Waals surface area contributed by atoms with E-state index in [1.165, 1.54) is 0 Å². The fourth-order valence-electron chi connectivity index (χ4n) is 0. The predicted octanol–water partition coefficient (Wildman–Crippen LogP) is -0.959. The first-order valence-electron chi connectivity index (χ1n) is 2.19. The van der Waals surface area contributed by atoms with Crippen LogP contribution in [0.3, 0.4) is 0 Å². The monoisotopic (exact) mass is 435 g/mol. The zero-order valence-electron chi connectivity index (χ0n) is 7.07. The van der Waals surface area contributed by atoms with Crippen LogP contribution in [0.25, 0.3) is 0 Å². The van der Waals surface area contributed by atoms with Gasteiger partial charge in [-0.25, -0.2) is 0 Å². The maximum atomic E-state index is 8.25. The van der Waals surface area contributed by atoms with E-state index in [1.54, 1.807) is 0 Å². The average molecular weight is 434 g/mol. The van der Waals surface area contributed by atoms with Gasteiger partial charge in [-0.3, -0.25) is 0 Å². The van der Waals surface area contributed by atoms with E-state index in [9.17, 15) is 0 Å². The van der Waals surface area contributed by atoms with E-state index < -0.39 is 20.3 Å². The van der Waals surface area contributed by atoms with Gasteiger partial charge in [-0.05, 0) is 0 Å². The summed E-state index contributed by atoms with van der Waals surface area (Å²) < 4.78 is 0. The van der Waals surface area contributed by atoms with E-state index in [2.05, 4.69) is 0 Å². The zero-order valence-corrected chi connectivity index (χ0v) is 9.78. The third-order valence-corrected chi connectivity index (χ3v) is 0. The second-order valence-electron chi connectivity index (χ2n) is 0.894. The molecule has 0 rings (SSSR count). The summed E-state index contributed by atoms with van der Waals surface area (Å²) in [6, 6.07) is 0. The summed E-state index contributed by atoms with van der Waals surface area (Å²) in [5.74, 6) is 0. The Hall–Kier alpha value is -2.54. The maximum absolute atomic E-state index is 8.25. The van der Waals surface area contributed by atoms with Gasteiger partial charge in [-0.1, -0.05) is 0 Å². The Balaban J connectivity index is -0.0000000369. The molecular formula is N4O12Re-4. The first kappa shape index (κ1) is 29.3. The van der Waals surface area contributed by atoms with Crippen molar-refractivity contribution in [2.75, 3.05) is 0 Å². The van der Waals surface area contributed by atoms with Crippen molar-refractivity contribution >= 4 is 0 Å². The van der Waals surface area contributed by atoms with E-state index in [-0.39, 0.29) is 20.4 Å². The summed E-state index contributed by atoms with van der Waals surface area (Å²) in [6.07, 6.45) is 0. The van der Waals surface area contributed by atoms with Gasteiger partial charge in [0.25, 0.3) is 0 Å². The van der Waals surface area contributed by atoms with Crippen LogP contribution >= 0.6 is 0 Å². The molecule has 0 aliphatic carbocycles. The van der Waals surface area contributed by atoms with Crippen LogP contribution in [-0.2, 0) is 20.4 Å². The summed E-state index contributed by atoms with van der Waals surface area (Å²) in [7, 11) is 0. The van der Waals surface area contributed by atoms with Crippen molar-refractivity contribution < 1.29 is 40.8 Å². The molecule has 0 saturated heterocycles. The zero-order chi connectivity index (χ0) is 14.3. The van der Waals surface area contributed by atoms with Gasteiger partial charge in [0.2, 0.25) is 0 Å². The summed E-state index contributed by atoms with van der Waals surface area (Å²) in [4.78, 5) is 33.0. The fourth-order valence-corrected chi connectivity index (χ4v) is 0. The van der Waals surface area contributed by atoms with Crippen LogP contribution in [0.2, 0.25) is 0 Å². The molecule has 0 aliphatic rings. The molecule has 103 valence electrons. The van der Waals surface area contributed by atoms with Crippen molar-refractivity contribution in [1.82, 2.24) is 0 Å². The molecule has 16 nitrogen and oxygen atoms in total. The molecule has 0 aromatic rings.